The van der Waals surface area contributed by atoms with Gasteiger partial charge in [0, 0.05) is 44.5 Å². The van der Waals surface area contributed by atoms with Crippen molar-refractivity contribution in [2.24, 2.45) is 0 Å². The van der Waals surface area contributed by atoms with E-state index in [9.17, 15) is 19.3 Å². The van der Waals surface area contributed by atoms with Crippen molar-refractivity contribution in [2.45, 2.75) is 27.1 Å². The van der Waals surface area contributed by atoms with Gasteiger partial charge in [-0.1, -0.05) is 18.2 Å². The van der Waals surface area contributed by atoms with E-state index >= 15 is 0 Å². The Kier molecular flexibility index (Phi) is 5.99. The molecule has 1 aliphatic heterocycles. The quantitative estimate of drug-likeness (QED) is 0.429. The summed E-state index contributed by atoms with van der Waals surface area (Å²) in [7, 11) is 0. The molecule has 0 N–H and O–H groups in total. The van der Waals surface area contributed by atoms with Gasteiger partial charge in [-0.05, 0) is 26.0 Å². The lowest BCUT2D eigenvalue weighted by Gasteiger charge is -2.34. The summed E-state index contributed by atoms with van der Waals surface area (Å²) in [5.74, 6) is -0.391. The minimum Gasteiger partial charge on any atom is -0.335 e. The van der Waals surface area contributed by atoms with Crippen LogP contribution in [-0.2, 0) is 13.2 Å². The number of hydrogen-bond donors (Lipinski definition) is 0. The third-order valence-corrected chi connectivity index (χ3v) is 5.68. The predicted octanol–water partition coefficient (Wildman–Crippen LogP) is 2.21. The van der Waals surface area contributed by atoms with E-state index in [1.165, 1.54) is 15.4 Å². The normalized spacial score (nSPS) is 14.7. The molecule has 0 bridgehead atoms. The van der Waals surface area contributed by atoms with Crippen LogP contribution in [0.5, 0.6) is 0 Å². The fraction of sp³-hybridized carbons (Fsp3) is 0.381. The molecule has 0 atom stereocenters. The van der Waals surface area contributed by atoms with Gasteiger partial charge in [0.05, 0.1) is 4.92 Å². The Morgan fingerprint density at radius 3 is 2.50 bits per heavy atom. The molecule has 0 unspecified atom stereocenters. The molecule has 1 fully saturated rings. The second kappa shape index (κ2) is 8.87. The number of nitrogens with zero attached hydrogens (tertiary/aromatic N) is 7. The summed E-state index contributed by atoms with van der Waals surface area (Å²) in [6.07, 6.45) is 1.66. The van der Waals surface area contributed by atoms with Crippen LogP contribution >= 0.6 is 0 Å². The van der Waals surface area contributed by atoms with Gasteiger partial charge in [-0.25, -0.2) is 9.07 Å². The molecule has 0 radical (unpaired) electrons. The first-order valence-corrected chi connectivity index (χ1v) is 10.3. The average Bonchev–Trinajstić information content (AvgIpc) is 3.34. The van der Waals surface area contributed by atoms with Crippen LogP contribution in [-0.4, -0.2) is 66.4 Å². The van der Waals surface area contributed by atoms with Crippen LogP contribution in [0.1, 0.15) is 27.4 Å². The highest BCUT2D eigenvalue weighted by Crippen LogP contribution is 2.21. The first kappa shape index (κ1) is 21.6. The number of nitro groups is 1. The van der Waals surface area contributed by atoms with Crippen LogP contribution in [0.25, 0.3) is 0 Å². The standard InChI is InChI=1S/C21H24FN7O3/c1-15-20(29(31)32)16(2)28(23-15)14-27-8-7-19(24-27)21(30)26-11-9-25(10-12-26)13-17-5-3-4-6-18(17)22/h3-8H,9-14H2,1-2H3. The molecule has 32 heavy (non-hydrogen) atoms. The Morgan fingerprint density at radius 1 is 1.12 bits per heavy atom. The molecule has 2 aromatic heterocycles. The second-order valence-corrected chi connectivity index (χ2v) is 7.82. The molecule has 3 heterocycles. The summed E-state index contributed by atoms with van der Waals surface area (Å²) in [6, 6.07) is 8.35. The number of aromatic nitrogens is 4. The van der Waals surface area contributed by atoms with Crippen molar-refractivity contribution in [1.82, 2.24) is 29.4 Å². The van der Waals surface area contributed by atoms with Crippen molar-refractivity contribution in [2.75, 3.05) is 26.2 Å². The Bertz CT molecular complexity index is 1150. The number of carbonyl (C=O) groups is 1. The zero-order valence-electron chi connectivity index (χ0n) is 17.9. The zero-order chi connectivity index (χ0) is 22.8. The third-order valence-electron chi connectivity index (χ3n) is 5.68. The minimum atomic E-state index is -0.446. The van der Waals surface area contributed by atoms with Gasteiger partial charge in [-0.2, -0.15) is 10.2 Å². The number of aryl methyl sites for hydroxylation is 1. The Morgan fingerprint density at radius 2 is 1.84 bits per heavy atom. The maximum atomic E-state index is 13.9. The summed E-state index contributed by atoms with van der Waals surface area (Å²) in [5, 5.41) is 19.7. The summed E-state index contributed by atoms with van der Waals surface area (Å²) in [6.45, 7) is 6.27. The molecule has 1 saturated heterocycles. The van der Waals surface area contributed by atoms with E-state index in [0.717, 1.165) is 0 Å². The van der Waals surface area contributed by atoms with E-state index in [1.807, 2.05) is 6.07 Å². The van der Waals surface area contributed by atoms with Gasteiger partial charge in [-0.15, -0.1) is 0 Å². The minimum absolute atomic E-state index is 0.0123. The molecule has 1 aromatic carbocycles. The smallest absolute Gasteiger partial charge is 0.312 e. The number of benzene rings is 1. The van der Waals surface area contributed by atoms with Crippen LogP contribution in [0.15, 0.2) is 36.5 Å². The maximum absolute atomic E-state index is 13.9. The molecule has 11 heteroatoms. The molecular weight excluding hydrogens is 417 g/mol. The molecular formula is C21H24FN7O3. The second-order valence-electron chi connectivity index (χ2n) is 7.82. The van der Waals surface area contributed by atoms with Crippen molar-refractivity contribution in [3.63, 3.8) is 0 Å². The maximum Gasteiger partial charge on any atom is 0.312 e. The van der Waals surface area contributed by atoms with E-state index < -0.39 is 4.92 Å². The molecule has 0 aliphatic carbocycles. The van der Waals surface area contributed by atoms with Gasteiger partial charge >= 0.3 is 5.69 Å². The highest BCUT2D eigenvalue weighted by molar-refractivity contribution is 5.92. The van der Waals surface area contributed by atoms with Crippen molar-refractivity contribution in [3.05, 3.63) is 75.1 Å². The number of carbonyl (C=O) groups excluding carboxylic acids is 1. The fourth-order valence-corrected chi connectivity index (χ4v) is 3.92. The molecule has 1 amide bonds. The molecule has 1 aliphatic rings. The molecule has 0 saturated carbocycles. The first-order chi connectivity index (χ1) is 15.3. The molecule has 168 valence electrons. The Balaban J connectivity index is 1.36. The van der Waals surface area contributed by atoms with Crippen molar-refractivity contribution < 1.29 is 14.1 Å². The number of rotatable bonds is 6. The highest BCUT2D eigenvalue weighted by atomic mass is 19.1. The van der Waals surface area contributed by atoms with Gasteiger partial charge in [0.15, 0.2) is 0 Å². The monoisotopic (exact) mass is 441 g/mol. The van der Waals surface area contributed by atoms with E-state index in [1.54, 1.807) is 43.1 Å². The van der Waals surface area contributed by atoms with Crippen LogP contribution < -0.4 is 0 Å². The summed E-state index contributed by atoms with van der Waals surface area (Å²) in [4.78, 5) is 27.4. The Hall–Kier alpha value is -3.60. The first-order valence-electron chi connectivity index (χ1n) is 10.3. The largest absolute Gasteiger partial charge is 0.335 e. The number of hydrogen-bond acceptors (Lipinski definition) is 6. The SMILES string of the molecule is Cc1nn(Cn2ccc(C(=O)N3CCN(Cc4ccccc4F)CC3)n2)c(C)c1[N+](=O)[O-]. The van der Waals surface area contributed by atoms with E-state index in [2.05, 4.69) is 15.1 Å². The number of piperazine rings is 1. The fourth-order valence-electron chi connectivity index (χ4n) is 3.92. The van der Waals surface area contributed by atoms with E-state index in [-0.39, 0.29) is 24.1 Å². The summed E-state index contributed by atoms with van der Waals surface area (Å²) >= 11 is 0. The van der Waals surface area contributed by atoms with Crippen LogP contribution in [0.4, 0.5) is 10.1 Å². The van der Waals surface area contributed by atoms with Crippen molar-refractivity contribution in [1.29, 1.82) is 0 Å². The predicted molar refractivity (Wildman–Crippen MR) is 114 cm³/mol. The van der Waals surface area contributed by atoms with Gasteiger partial charge in [0.1, 0.15) is 29.6 Å². The number of halogens is 1. The van der Waals surface area contributed by atoms with E-state index in [4.69, 9.17) is 0 Å². The van der Waals surface area contributed by atoms with Gasteiger partial charge in [-0.3, -0.25) is 24.5 Å². The van der Waals surface area contributed by atoms with E-state index in [0.29, 0.717) is 55.4 Å². The molecule has 0 spiro atoms. The van der Waals surface area contributed by atoms with Crippen LogP contribution in [0.3, 0.4) is 0 Å². The molecule has 4 rings (SSSR count). The lowest BCUT2D eigenvalue weighted by molar-refractivity contribution is -0.386. The Labute approximate surface area is 184 Å². The average molecular weight is 441 g/mol. The summed E-state index contributed by atoms with van der Waals surface area (Å²) in [5.41, 5.74) is 1.71. The highest BCUT2D eigenvalue weighted by Gasteiger charge is 2.25. The molecule has 3 aromatic rings. The lowest BCUT2D eigenvalue weighted by Crippen LogP contribution is -2.48. The van der Waals surface area contributed by atoms with Crippen molar-refractivity contribution in [3.8, 4) is 0 Å². The van der Waals surface area contributed by atoms with Gasteiger partial charge < -0.3 is 4.90 Å². The zero-order valence-corrected chi connectivity index (χ0v) is 17.9. The van der Waals surface area contributed by atoms with Crippen LogP contribution in [0.2, 0.25) is 0 Å². The van der Waals surface area contributed by atoms with Gasteiger partial charge in [0.25, 0.3) is 5.91 Å². The van der Waals surface area contributed by atoms with Crippen molar-refractivity contribution >= 4 is 11.6 Å². The topological polar surface area (TPSA) is 102 Å². The molecule has 10 nitrogen and oxygen atoms in total. The lowest BCUT2D eigenvalue weighted by atomic mass is 10.2. The number of amides is 1. The third kappa shape index (κ3) is 4.37. The summed E-state index contributed by atoms with van der Waals surface area (Å²) < 4.78 is 16.9. The van der Waals surface area contributed by atoms with Gasteiger partial charge in [0.2, 0.25) is 0 Å². The van der Waals surface area contributed by atoms with Crippen LogP contribution in [0, 0.1) is 29.8 Å².